The van der Waals surface area contributed by atoms with Crippen molar-refractivity contribution < 1.29 is 19.1 Å². The number of nitrogens with one attached hydrogen (secondary N) is 1. The number of carbonyl (C=O) groups is 2. The average Bonchev–Trinajstić information content (AvgIpc) is 2.53. The summed E-state index contributed by atoms with van der Waals surface area (Å²) in [7, 11) is 1.32. The Labute approximate surface area is 125 Å². The average molecular weight is 293 g/mol. The molecule has 5 heteroatoms. The quantitative estimate of drug-likeness (QED) is 0.561. The lowest BCUT2D eigenvalue weighted by atomic mass is 10.1. The molecule has 0 heterocycles. The van der Waals surface area contributed by atoms with Crippen LogP contribution in [0.1, 0.15) is 46.9 Å². The first-order chi connectivity index (χ1) is 10.2. The van der Waals surface area contributed by atoms with E-state index in [1.54, 1.807) is 24.3 Å². The Morgan fingerprint density at radius 2 is 1.67 bits per heavy atom. The predicted molar refractivity (Wildman–Crippen MR) is 80.5 cm³/mol. The van der Waals surface area contributed by atoms with E-state index in [9.17, 15) is 9.59 Å². The van der Waals surface area contributed by atoms with Gasteiger partial charge in [-0.25, -0.2) is 4.79 Å². The summed E-state index contributed by atoms with van der Waals surface area (Å²) in [5.74, 6) is -0.564. The highest BCUT2D eigenvalue weighted by atomic mass is 16.5. The minimum absolute atomic E-state index is 0.153. The highest BCUT2D eigenvalue weighted by molar-refractivity contribution is 5.96. The summed E-state index contributed by atoms with van der Waals surface area (Å²) in [5, 5.41) is 2.82. The molecule has 0 fully saturated rings. The maximum atomic E-state index is 11.9. The summed E-state index contributed by atoms with van der Waals surface area (Å²) < 4.78 is 10.0. The molecule has 1 amide bonds. The molecule has 0 aliphatic rings. The van der Waals surface area contributed by atoms with Crippen molar-refractivity contribution >= 4 is 11.9 Å². The smallest absolute Gasteiger partial charge is 0.337 e. The van der Waals surface area contributed by atoms with E-state index in [1.807, 2.05) is 0 Å². The van der Waals surface area contributed by atoms with Gasteiger partial charge in [0, 0.05) is 25.3 Å². The number of ether oxygens (including phenoxy) is 2. The summed E-state index contributed by atoms with van der Waals surface area (Å²) in [6.45, 7) is 4.12. The molecule has 21 heavy (non-hydrogen) atoms. The number of methoxy groups -OCH3 is 1. The lowest BCUT2D eigenvalue weighted by Gasteiger charge is -2.06. The van der Waals surface area contributed by atoms with Crippen molar-refractivity contribution in [3.05, 3.63) is 35.4 Å². The van der Waals surface area contributed by atoms with Crippen LogP contribution in [0.3, 0.4) is 0 Å². The lowest BCUT2D eigenvalue weighted by molar-refractivity contribution is 0.0600. The van der Waals surface area contributed by atoms with Gasteiger partial charge in [0.2, 0.25) is 0 Å². The van der Waals surface area contributed by atoms with E-state index in [-0.39, 0.29) is 5.91 Å². The zero-order valence-electron chi connectivity index (χ0n) is 12.7. The second kappa shape index (κ2) is 9.94. The van der Waals surface area contributed by atoms with E-state index < -0.39 is 5.97 Å². The van der Waals surface area contributed by atoms with Crippen molar-refractivity contribution in [2.45, 2.75) is 26.2 Å². The van der Waals surface area contributed by atoms with Crippen LogP contribution in [0.4, 0.5) is 0 Å². The Balaban J connectivity index is 2.27. The van der Waals surface area contributed by atoms with Gasteiger partial charge in [0.05, 0.1) is 12.7 Å². The van der Waals surface area contributed by atoms with Crippen molar-refractivity contribution in [1.82, 2.24) is 5.32 Å². The molecule has 0 radical (unpaired) electrons. The summed E-state index contributed by atoms with van der Waals surface area (Å²) in [6.07, 6.45) is 2.98. The molecule has 0 atom stereocenters. The van der Waals surface area contributed by atoms with Crippen LogP contribution in [0.25, 0.3) is 0 Å². The Kier molecular flexibility index (Phi) is 8.12. The molecule has 0 saturated carbocycles. The minimum atomic E-state index is -0.411. The molecule has 0 saturated heterocycles. The summed E-state index contributed by atoms with van der Waals surface area (Å²) in [5.41, 5.74) is 0.952. The van der Waals surface area contributed by atoms with Crippen LogP contribution in [0.2, 0.25) is 0 Å². The topological polar surface area (TPSA) is 64.6 Å². The van der Waals surface area contributed by atoms with E-state index in [4.69, 9.17) is 4.74 Å². The van der Waals surface area contributed by atoms with Crippen molar-refractivity contribution in [3.8, 4) is 0 Å². The fourth-order valence-corrected chi connectivity index (χ4v) is 1.70. The van der Waals surface area contributed by atoms with E-state index in [0.29, 0.717) is 24.3 Å². The van der Waals surface area contributed by atoms with Crippen LogP contribution in [0, 0.1) is 0 Å². The third-order valence-corrected chi connectivity index (χ3v) is 2.96. The van der Waals surface area contributed by atoms with Crippen LogP contribution in [0.5, 0.6) is 0 Å². The van der Waals surface area contributed by atoms with Crippen LogP contribution < -0.4 is 5.32 Å². The van der Waals surface area contributed by atoms with Crippen molar-refractivity contribution in [3.63, 3.8) is 0 Å². The largest absolute Gasteiger partial charge is 0.465 e. The predicted octanol–water partition coefficient (Wildman–Crippen LogP) is 2.41. The second-order valence-corrected chi connectivity index (χ2v) is 4.64. The summed E-state index contributed by atoms with van der Waals surface area (Å²) in [6, 6.07) is 6.38. The number of hydrogen-bond donors (Lipinski definition) is 1. The maximum absolute atomic E-state index is 11.9. The number of hydrogen-bond acceptors (Lipinski definition) is 4. The molecule has 0 aliphatic heterocycles. The van der Waals surface area contributed by atoms with Crippen LogP contribution in [0.15, 0.2) is 24.3 Å². The van der Waals surface area contributed by atoms with Gasteiger partial charge in [-0.3, -0.25) is 4.79 Å². The van der Waals surface area contributed by atoms with Crippen molar-refractivity contribution in [1.29, 1.82) is 0 Å². The molecule has 5 nitrogen and oxygen atoms in total. The molecule has 116 valence electrons. The zero-order valence-corrected chi connectivity index (χ0v) is 12.7. The summed E-state index contributed by atoms with van der Waals surface area (Å²) in [4.78, 5) is 23.1. The Morgan fingerprint density at radius 3 is 2.29 bits per heavy atom. The van der Waals surface area contributed by atoms with Gasteiger partial charge in [-0.05, 0) is 37.1 Å². The van der Waals surface area contributed by atoms with E-state index >= 15 is 0 Å². The highest BCUT2D eigenvalue weighted by Gasteiger charge is 2.08. The SMILES string of the molecule is CCCCOCCCNC(=O)c1ccc(C(=O)OC)cc1. The van der Waals surface area contributed by atoms with Crippen molar-refractivity contribution in [2.75, 3.05) is 26.9 Å². The maximum Gasteiger partial charge on any atom is 0.337 e. The van der Waals surface area contributed by atoms with E-state index in [1.165, 1.54) is 7.11 Å². The molecule has 1 aromatic carbocycles. The minimum Gasteiger partial charge on any atom is -0.465 e. The molecule has 1 rings (SSSR count). The fraction of sp³-hybridized carbons (Fsp3) is 0.500. The van der Waals surface area contributed by atoms with E-state index in [2.05, 4.69) is 17.0 Å². The first-order valence-corrected chi connectivity index (χ1v) is 7.23. The van der Waals surface area contributed by atoms with Gasteiger partial charge in [0.1, 0.15) is 0 Å². The zero-order chi connectivity index (χ0) is 15.5. The molecule has 0 aliphatic carbocycles. The van der Waals surface area contributed by atoms with Gasteiger partial charge in [0.15, 0.2) is 0 Å². The van der Waals surface area contributed by atoms with Gasteiger partial charge in [0.25, 0.3) is 5.91 Å². The standard InChI is InChI=1S/C16H23NO4/c1-3-4-11-21-12-5-10-17-15(18)13-6-8-14(9-7-13)16(19)20-2/h6-9H,3-5,10-12H2,1-2H3,(H,17,18). The molecule has 1 aromatic rings. The fourth-order valence-electron chi connectivity index (χ4n) is 1.70. The highest BCUT2D eigenvalue weighted by Crippen LogP contribution is 2.05. The van der Waals surface area contributed by atoms with Crippen LogP contribution in [-0.2, 0) is 9.47 Å². The monoisotopic (exact) mass is 293 g/mol. The second-order valence-electron chi connectivity index (χ2n) is 4.64. The number of carbonyl (C=O) groups excluding carboxylic acids is 2. The van der Waals surface area contributed by atoms with Crippen LogP contribution in [-0.4, -0.2) is 38.7 Å². The molecule has 0 aromatic heterocycles. The summed E-state index contributed by atoms with van der Waals surface area (Å²) >= 11 is 0. The third kappa shape index (κ3) is 6.40. The molecule has 0 bridgehead atoms. The van der Waals surface area contributed by atoms with Crippen LogP contribution >= 0.6 is 0 Å². The normalized spacial score (nSPS) is 10.2. The lowest BCUT2D eigenvalue weighted by Crippen LogP contribution is -2.25. The molecule has 0 unspecified atom stereocenters. The van der Waals surface area contributed by atoms with Crippen molar-refractivity contribution in [2.24, 2.45) is 0 Å². The van der Waals surface area contributed by atoms with Gasteiger partial charge < -0.3 is 14.8 Å². The number of amides is 1. The molecule has 0 spiro atoms. The Morgan fingerprint density at radius 1 is 1.05 bits per heavy atom. The van der Waals surface area contributed by atoms with Gasteiger partial charge in [-0.15, -0.1) is 0 Å². The first-order valence-electron chi connectivity index (χ1n) is 7.23. The Bertz CT molecular complexity index is 442. The number of unbranched alkanes of at least 4 members (excludes halogenated alkanes) is 1. The molecular formula is C16H23NO4. The molecular weight excluding hydrogens is 270 g/mol. The van der Waals surface area contributed by atoms with Gasteiger partial charge >= 0.3 is 5.97 Å². The molecule has 1 N–H and O–H groups in total. The Hall–Kier alpha value is -1.88. The number of rotatable bonds is 9. The van der Waals surface area contributed by atoms with E-state index in [0.717, 1.165) is 25.9 Å². The van der Waals surface area contributed by atoms with Gasteiger partial charge in [-0.2, -0.15) is 0 Å². The third-order valence-electron chi connectivity index (χ3n) is 2.96. The number of benzene rings is 1. The first kappa shape index (κ1) is 17.2. The number of esters is 1. The van der Waals surface area contributed by atoms with Gasteiger partial charge in [-0.1, -0.05) is 13.3 Å².